The van der Waals surface area contributed by atoms with Crippen LogP contribution in [0.4, 0.5) is 0 Å². The lowest BCUT2D eigenvalue weighted by atomic mass is 10.1. The molecule has 0 aromatic heterocycles. The van der Waals surface area contributed by atoms with E-state index in [9.17, 15) is 0 Å². The van der Waals surface area contributed by atoms with Gasteiger partial charge >= 0.3 is 0 Å². The van der Waals surface area contributed by atoms with E-state index in [1.165, 1.54) is 24.9 Å². The molecule has 1 rings (SSSR count). The Morgan fingerprint density at radius 2 is 1.89 bits per heavy atom. The van der Waals surface area contributed by atoms with Gasteiger partial charge in [0.05, 0.1) is 6.10 Å². The summed E-state index contributed by atoms with van der Waals surface area (Å²) >= 11 is 0. The highest BCUT2D eigenvalue weighted by atomic mass is 16.5. The Balaban J connectivity index is 2.67. The van der Waals surface area contributed by atoms with Crippen molar-refractivity contribution in [2.45, 2.75) is 66.2 Å². The third kappa shape index (κ3) is 6.11. The molecule has 2 nitrogen and oxygen atoms in total. The average molecular weight is 263 g/mol. The van der Waals surface area contributed by atoms with Gasteiger partial charge in [-0.1, -0.05) is 25.5 Å². The highest BCUT2D eigenvalue weighted by Crippen LogP contribution is 2.17. The molecule has 108 valence electrons. The maximum absolute atomic E-state index is 5.76. The van der Waals surface area contributed by atoms with E-state index in [0.717, 1.165) is 12.3 Å². The SMILES string of the molecule is CCCCN(Cc1cccc(OC(C)C)c1)C(C)C. The van der Waals surface area contributed by atoms with Gasteiger partial charge in [0.2, 0.25) is 0 Å². The highest BCUT2D eigenvalue weighted by molar-refractivity contribution is 5.28. The average Bonchev–Trinajstić information content (AvgIpc) is 2.33. The second-order valence-electron chi connectivity index (χ2n) is 5.73. The summed E-state index contributed by atoms with van der Waals surface area (Å²) in [5.74, 6) is 0.978. The lowest BCUT2D eigenvalue weighted by Gasteiger charge is -2.26. The van der Waals surface area contributed by atoms with Gasteiger partial charge in [-0.3, -0.25) is 4.90 Å². The Morgan fingerprint density at radius 1 is 1.16 bits per heavy atom. The van der Waals surface area contributed by atoms with E-state index in [1.54, 1.807) is 0 Å². The fourth-order valence-electron chi connectivity index (χ4n) is 2.10. The van der Waals surface area contributed by atoms with Crippen LogP contribution in [0.3, 0.4) is 0 Å². The van der Waals surface area contributed by atoms with Gasteiger partial charge in [0.1, 0.15) is 5.75 Å². The van der Waals surface area contributed by atoms with Crippen molar-refractivity contribution in [3.63, 3.8) is 0 Å². The van der Waals surface area contributed by atoms with Crippen LogP contribution in [0.15, 0.2) is 24.3 Å². The molecule has 0 atom stereocenters. The zero-order chi connectivity index (χ0) is 14.3. The second kappa shape index (κ2) is 8.21. The standard InChI is InChI=1S/C17H29NO/c1-6-7-11-18(14(2)3)13-16-9-8-10-17(12-16)19-15(4)5/h8-10,12,14-15H,6-7,11,13H2,1-5H3. The van der Waals surface area contributed by atoms with Gasteiger partial charge in [0, 0.05) is 12.6 Å². The Hall–Kier alpha value is -1.02. The number of hydrogen-bond donors (Lipinski definition) is 0. The summed E-state index contributed by atoms with van der Waals surface area (Å²) in [6.45, 7) is 13.1. The number of ether oxygens (including phenoxy) is 1. The van der Waals surface area contributed by atoms with E-state index in [-0.39, 0.29) is 6.10 Å². The van der Waals surface area contributed by atoms with Crippen LogP contribution in [0, 0.1) is 0 Å². The first-order chi connectivity index (χ1) is 9.02. The highest BCUT2D eigenvalue weighted by Gasteiger charge is 2.10. The quantitative estimate of drug-likeness (QED) is 0.685. The van der Waals surface area contributed by atoms with Crippen LogP contribution in [-0.2, 0) is 6.54 Å². The first kappa shape index (κ1) is 16.0. The fraction of sp³-hybridized carbons (Fsp3) is 0.647. The Morgan fingerprint density at radius 3 is 2.47 bits per heavy atom. The summed E-state index contributed by atoms with van der Waals surface area (Å²) in [5.41, 5.74) is 1.34. The predicted molar refractivity (Wildman–Crippen MR) is 82.7 cm³/mol. The van der Waals surface area contributed by atoms with Gasteiger partial charge in [0.25, 0.3) is 0 Å². The summed E-state index contributed by atoms with van der Waals surface area (Å²) in [6, 6.07) is 9.07. The summed E-state index contributed by atoms with van der Waals surface area (Å²) in [4.78, 5) is 2.53. The predicted octanol–water partition coefficient (Wildman–Crippen LogP) is 4.48. The zero-order valence-corrected chi connectivity index (χ0v) is 13.1. The van der Waals surface area contributed by atoms with Crippen molar-refractivity contribution in [3.8, 4) is 5.75 Å². The smallest absolute Gasteiger partial charge is 0.120 e. The Bertz CT molecular complexity index is 360. The van der Waals surface area contributed by atoms with Gasteiger partial charge in [-0.15, -0.1) is 0 Å². The van der Waals surface area contributed by atoms with E-state index in [1.807, 2.05) is 6.07 Å². The van der Waals surface area contributed by atoms with Gasteiger partial charge in [-0.05, 0) is 58.4 Å². The molecule has 0 aliphatic rings. The minimum Gasteiger partial charge on any atom is -0.491 e. The van der Waals surface area contributed by atoms with E-state index >= 15 is 0 Å². The lowest BCUT2D eigenvalue weighted by molar-refractivity contribution is 0.208. The van der Waals surface area contributed by atoms with Crippen LogP contribution in [0.1, 0.15) is 53.0 Å². The summed E-state index contributed by atoms with van der Waals surface area (Å²) in [6.07, 6.45) is 2.75. The molecule has 0 saturated carbocycles. The van der Waals surface area contributed by atoms with Crippen LogP contribution in [0.5, 0.6) is 5.75 Å². The number of hydrogen-bond acceptors (Lipinski definition) is 2. The van der Waals surface area contributed by atoms with Crippen molar-refractivity contribution in [1.82, 2.24) is 4.90 Å². The third-order valence-corrected chi connectivity index (χ3v) is 3.19. The molecular formula is C17H29NO. The second-order valence-corrected chi connectivity index (χ2v) is 5.73. The van der Waals surface area contributed by atoms with Crippen molar-refractivity contribution in [3.05, 3.63) is 29.8 Å². The molecule has 0 spiro atoms. The van der Waals surface area contributed by atoms with Crippen molar-refractivity contribution in [2.24, 2.45) is 0 Å². The number of benzene rings is 1. The normalized spacial score (nSPS) is 11.6. The molecule has 0 unspecified atom stereocenters. The largest absolute Gasteiger partial charge is 0.491 e. The van der Waals surface area contributed by atoms with E-state index in [4.69, 9.17) is 4.74 Å². The summed E-state index contributed by atoms with van der Waals surface area (Å²) < 4.78 is 5.76. The van der Waals surface area contributed by atoms with Crippen molar-refractivity contribution in [2.75, 3.05) is 6.54 Å². The van der Waals surface area contributed by atoms with Crippen molar-refractivity contribution < 1.29 is 4.74 Å². The Kier molecular flexibility index (Phi) is 6.93. The van der Waals surface area contributed by atoms with Crippen LogP contribution < -0.4 is 4.74 Å². The third-order valence-electron chi connectivity index (χ3n) is 3.19. The van der Waals surface area contributed by atoms with Crippen molar-refractivity contribution in [1.29, 1.82) is 0 Å². The topological polar surface area (TPSA) is 12.5 Å². The minimum atomic E-state index is 0.233. The van der Waals surface area contributed by atoms with Crippen LogP contribution in [0.25, 0.3) is 0 Å². The van der Waals surface area contributed by atoms with E-state index in [0.29, 0.717) is 6.04 Å². The summed E-state index contributed by atoms with van der Waals surface area (Å²) in [5, 5.41) is 0. The van der Waals surface area contributed by atoms with E-state index in [2.05, 4.69) is 57.7 Å². The molecule has 0 heterocycles. The maximum atomic E-state index is 5.76. The van der Waals surface area contributed by atoms with Crippen LogP contribution >= 0.6 is 0 Å². The molecular weight excluding hydrogens is 234 g/mol. The molecule has 0 aliphatic carbocycles. The molecule has 0 bridgehead atoms. The Labute approximate surface area is 118 Å². The maximum Gasteiger partial charge on any atom is 0.120 e. The van der Waals surface area contributed by atoms with Crippen LogP contribution in [-0.4, -0.2) is 23.6 Å². The van der Waals surface area contributed by atoms with E-state index < -0.39 is 0 Å². The molecule has 19 heavy (non-hydrogen) atoms. The molecule has 1 aromatic rings. The van der Waals surface area contributed by atoms with Gasteiger partial charge in [-0.25, -0.2) is 0 Å². The molecule has 0 aliphatic heterocycles. The number of unbranched alkanes of at least 4 members (excludes halogenated alkanes) is 1. The van der Waals surface area contributed by atoms with Gasteiger partial charge in [-0.2, -0.15) is 0 Å². The molecule has 1 aromatic carbocycles. The van der Waals surface area contributed by atoms with Crippen LogP contribution in [0.2, 0.25) is 0 Å². The molecule has 0 N–H and O–H groups in total. The number of nitrogens with zero attached hydrogens (tertiary/aromatic N) is 1. The van der Waals surface area contributed by atoms with Crippen molar-refractivity contribution >= 4 is 0 Å². The van der Waals surface area contributed by atoms with Gasteiger partial charge < -0.3 is 4.74 Å². The molecule has 0 saturated heterocycles. The molecule has 0 fully saturated rings. The fourth-order valence-corrected chi connectivity index (χ4v) is 2.10. The molecule has 2 heteroatoms. The monoisotopic (exact) mass is 263 g/mol. The molecule has 0 radical (unpaired) electrons. The minimum absolute atomic E-state index is 0.233. The number of rotatable bonds is 8. The molecule has 0 amide bonds. The zero-order valence-electron chi connectivity index (χ0n) is 13.1. The first-order valence-electron chi connectivity index (χ1n) is 7.52. The van der Waals surface area contributed by atoms with Gasteiger partial charge in [0.15, 0.2) is 0 Å². The lowest BCUT2D eigenvalue weighted by Crippen LogP contribution is -2.31. The summed E-state index contributed by atoms with van der Waals surface area (Å²) in [7, 11) is 0. The first-order valence-corrected chi connectivity index (χ1v) is 7.52.